The minimum atomic E-state index is -4.47. The van der Waals surface area contributed by atoms with E-state index < -0.39 is 11.7 Å². The summed E-state index contributed by atoms with van der Waals surface area (Å²) in [5.41, 5.74) is 4.60. The van der Waals surface area contributed by atoms with E-state index in [-0.39, 0.29) is 24.1 Å². The third-order valence-corrected chi connectivity index (χ3v) is 3.01. The molecule has 19 heavy (non-hydrogen) atoms. The maximum absolute atomic E-state index is 12.8. The second-order valence-corrected chi connectivity index (χ2v) is 4.55. The monoisotopic (exact) mass is 275 g/mol. The second-order valence-electron chi connectivity index (χ2n) is 4.55. The number of nitrogen functional groups attached to an aromatic ring is 1. The Morgan fingerprint density at radius 1 is 1.32 bits per heavy atom. The Hall–Kier alpha value is -1.43. The lowest BCUT2D eigenvalue weighted by Gasteiger charge is -2.23. The van der Waals surface area contributed by atoms with Crippen LogP contribution >= 0.6 is 0 Å². The van der Waals surface area contributed by atoms with E-state index >= 15 is 0 Å². The fraction of sp³-hybridized carbons (Fsp3) is 0.538. The molecule has 2 rings (SSSR count). The maximum atomic E-state index is 12.8. The van der Waals surface area contributed by atoms with Crippen molar-refractivity contribution in [2.75, 3.05) is 18.9 Å². The predicted octanol–water partition coefficient (Wildman–Crippen LogP) is 3.24. The molecule has 2 N–H and O–H groups in total. The summed E-state index contributed by atoms with van der Waals surface area (Å²) in [7, 11) is 0. The van der Waals surface area contributed by atoms with Crippen LogP contribution in [0.4, 0.5) is 18.9 Å². The number of anilines is 1. The van der Waals surface area contributed by atoms with Gasteiger partial charge in [-0.1, -0.05) is 0 Å². The van der Waals surface area contributed by atoms with Gasteiger partial charge in [0.05, 0.1) is 11.7 Å². The Kier molecular flexibility index (Phi) is 4.19. The van der Waals surface area contributed by atoms with Crippen molar-refractivity contribution in [3.63, 3.8) is 0 Å². The molecule has 1 aliphatic heterocycles. The van der Waals surface area contributed by atoms with Gasteiger partial charge in [0.25, 0.3) is 0 Å². The lowest BCUT2D eigenvalue weighted by atomic mass is 10.1. The number of ether oxygens (including phenoxy) is 2. The summed E-state index contributed by atoms with van der Waals surface area (Å²) in [4.78, 5) is 0. The fourth-order valence-corrected chi connectivity index (χ4v) is 2.02. The van der Waals surface area contributed by atoms with E-state index in [4.69, 9.17) is 15.2 Å². The van der Waals surface area contributed by atoms with E-state index in [0.717, 1.165) is 25.3 Å². The van der Waals surface area contributed by atoms with Gasteiger partial charge < -0.3 is 15.2 Å². The van der Waals surface area contributed by atoms with Crippen LogP contribution in [0.25, 0.3) is 0 Å². The number of rotatable bonds is 3. The van der Waals surface area contributed by atoms with Crippen molar-refractivity contribution in [1.82, 2.24) is 0 Å². The van der Waals surface area contributed by atoms with Crippen LogP contribution in [-0.4, -0.2) is 19.3 Å². The normalized spacial score (nSPS) is 20.3. The number of nitrogens with two attached hydrogens (primary N) is 1. The molecule has 6 heteroatoms. The highest BCUT2D eigenvalue weighted by Crippen LogP contribution is 2.37. The lowest BCUT2D eigenvalue weighted by molar-refractivity contribution is -0.139. The van der Waals surface area contributed by atoms with Crippen LogP contribution in [0, 0.1) is 0 Å². The number of hydrogen-bond donors (Lipinski definition) is 1. The standard InChI is InChI=1S/C13H16F3NO2/c14-13(15,16)11-7-9(17)4-5-12(11)19-8-10-3-1-2-6-18-10/h4-5,7,10H,1-3,6,8,17H2/t10-/m0/s1. The highest BCUT2D eigenvalue weighted by atomic mass is 19.4. The molecule has 1 heterocycles. The van der Waals surface area contributed by atoms with Gasteiger partial charge in [0.2, 0.25) is 0 Å². The van der Waals surface area contributed by atoms with Gasteiger partial charge >= 0.3 is 6.18 Å². The van der Waals surface area contributed by atoms with Gasteiger partial charge in [-0.15, -0.1) is 0 Å². The van der Waals surface area contributed by atoms with Crippen molar-refractivity contribution in [2.24, 2.45) is 0 Å². The third kappa shape index (κ3) is 3.76. The van der Waals surface area contributed by atoms with Crippen LogP contribution in [0.5, 0.6) is 5.75 Å². The van der Waals surface area contributed by atoms with Crippen LogP contribution in [0.3, 0.4) is 0 Å². The molecule has 0 radical (unpaired) electrons. The molecule has 0 bridgehead atoms. The SMILES string of the molecule is Nc1ccc(OC[C@@H]2CCCCO2)c(C(F)(F)F)c1. The van der Waals surface area contributed by atoms with Gasteiger partial charge in [-0.05, 0) is 37.5 Å². The number of halogens is 3. The molecule has 0 unspecified atom stereocenters. The Morgan fingerprint density at radius 3 is 2.74 bits per heavy atom. The van der Waals surface area contributed by atoms with E-state index in [9.17, 15) is 13.2 Å². The Labute approximate surface area is 109 Å². The van der Waals surface area contributed by atoms with E-state index in [2.05, 4.69) is 0 Å². The lowest BCUT2D eigenvalue weighted by Crippen LogP contribution is -2.26. The second kappa shape index (κ2) is 5.69. The first-order chi connectivity index (χ1) is 8.97. The molecule has 0 saturated carbocycles. The summed E-state index contributed by atoms with van der Waals surface area (Å²) in [6.45, 7) is 0.773. The van der Waals surface area contributed by atoms with Crippen molar-refractivity contribution in [3.8, 4) is 5.75 Å². The predicted molar refractivity (Wildman–Crippen MR) is 64.9 cm³/mol. The fourth-order valence-electron chi connectivity index (χ4n) is 2.02. The number of alkyl halides is 3. The molecule has 0 spiro atoms. The Balaban J connectivity index is 2.06. The zero-order valence-electron chi connectivity index (χ0n) is 10.4. The minimum absolute atomic E-state index is 0.0635. The zero-order chi connectivity index (χ0) is 13.9. The summed E-state index contributed by atoms with van der Waals surface area (Å²) in [5, 5.41) is 0. The molecule has 1 atom stereocenters. The van der Waals surface area contributed by atoms with E-state index in [1.807, 2.05) is 0 Å². The molecule has 0 aliphatic carbocycles. The molecular weight excluding hydrogens is 259 g/mol. The van der Waals surface area contributed by atoms with E-state index in [1.54, 1.807) is 0 Å². The average Bonchev–Trinajstić information content (AvgIpc) is 2.37. The molecule has 1 aromatic rings. The van der Waals surface area contributed by atoms with Gasteiger partial charge in [0.15, 0.2) is 0 Å². The highest BCUT2D eigenvalue weighted by Gasteiger charge is 2.34. The molecule has 0 aromatic heterocycles. The minimum Gasteiger partial charge on any atom is -0.490 e. The van der Waals surface area contributed by atoms with Crippen molar-refractivity contribution >= 4 is 5.69 Å². The van der Waals surface area contributed by atoms with Gasteiger partial charge in [0.1, 0.15) is 12.4 Å². The van der Waals surface area contributed by atoms with Crippen LogP contribution in [0.1, 0.15) is 24.8 Å². The largest absolute Gasteiger partial charge is 0.490 e. The molecule has 1 fully saturated rings. The van der Waals surface area contributed by atoms with E-state index in [1.165, 1.54) is 12.1 Å². The molecule has 1 aliphatic rings. The molecule has 3 nitrogen and oxygen atoms in total. The quantitative estimate of drug-likeness (QED) is 0.861. The summed E-state index contributed by atoms with van der Waals surface area (Å²) in [5.74, 6) is -0.198. The number of benzene rings is 1. The molecule has 0 amide bonds. The Bertz CT molecular complexity index is 428. The van der Waals surface area contributed by atoms with Crippen molar-refractivity contribution < 1.29 is 22.6 Å². The Morgan fingerprint density at radius 2 is 2.11 bits per heavy atom. The van der Waals surface area contributed by atoms with Crippen LogP contribution in [-0.2, 0) is 10.9 Å². The van der Waals surface area contributed by atoms with E-state index in [0.29, 0.717) is 6.61 Å². The van der Waals surface area contributed by atoms with Crippen molar-refractivity contribution in [2.45, 2.75) is 31.5 Å². The van der Waals surface area contributed by atoms with Gasteiger partial charge in [-0.25, -0.2) is 0 Å². The molecule has 1 aromatic carbocycles. The number of hydrogen-bond acceptors (Lipinski definition) is 3. The summed E-state index contributed by atoms with van der Waals surface area (Å²) in [6, 6.07) is 3.53. The summed E-state index contributed by atoms with van der Waals surface area (Å²) >= 11 is 0. The van der Waals surface area contributed by atoms with Gasteiger partial charge in [-0.2, -0.15) is 13.2 Å². The average molecular weight is 275 g/mol. The van der Waals surface area contributed by atoms with Crippen molar-refractivity contribution in [1.29, 1.82) is 0 Å². The molecule has 106 valence electrons. The first kappa shape index (κ1) is 14.0. The summed E-state index contributed by atoms with van der Waals surface area (Å²) in [6.07, 6.45) is -1.78. The maximum Gasteiger partial charge on any atom is 0.420 e. The third-order valence-electron chi connectivity index (χ3n) is 3.01. The van der Waals surface area contributed by atoms with Crippen LogP contribution in [0.15, 0.2) is 18.2 Å². The van der Waals surface area contributed by atoms with Gasteiger partial charge in [-0.3, -0.25) is 0 Å². The molecule has 1 saturated heterocycles. The van der Waals surface area contributed by atoms with Crippen molar-refractivity contribution in [3.05, 3.63) is 23.8 Å². The topological polar surface area (TPSA) is 44.5 Å². The first-order valence-corrected chi connectivity index (χ1v) is 6.18. The van der Waals surface area contributed by atoms with Gasteiger partial charge in [0, 0.05) is 12.3 Å². The molecular formula is C13H16F3NO2. The smallest absolute Gasteiger partial charge is 0.420 e. The first-order valence-electron chi connectivity index (χ1n) is 6.18. The summed E-state index contributed by atoms with van der Waals surface area (Å²) < 4.78 is 49.2. The highest BCUT2D eigenvalue weighted by molar-refractivity contribution is 5.49. The van der Waals surface area contributed by atoms with Crippen LogP contribution in [0.2, 0.25) is 0 Å². The van der Waals surface area contributed by atoms with Crippen LogP contribution < -0.4 is 10.5 Å². The zero-order valence-corrected chi connectivity index (χ0v) is 10.4.